The maximum absolute atomic E-state index is 12.0. The Balaban J connectivity index is 2.48. The summed E-state index contributed by atoms with van der Waals surface area (Å²) in [5.74, 6) is -1.55. The van der Waals surface area contributed by atoms with Crippen molar-refractivity contribution in [2.45, 2.75) is 57.4 Å². The molecule has 1 saturated carbocycles. The molecule has 0 bridgehead atoms. The molecule has 0 spiro atoms. The second-order valence-corrected chi connectivity index (χ2v) is 6.24. The van der Waals surface area contributed by atoms with Gasteiger partial charge < -0.3 is 15.3 Å². The van der Waals surface area contributed by atoms with Gasteiger partial charge in [-0.2, -0.15) is 0 Å². The predicted octanol–water partition coefficient (Wildman–Crippen LogP) is 1.39. The molecular weight excluding hydrogens is 272 g/mol. The van der Waals surface area contributed by atoms with E-state index in [0.29, 0.717) is 25.7 Å². The molecule has 0 aromatic heterocycles. The molecule has 1 aliphatic carbocycles. The van der Waals surface area contributed by atoms with E-state index in [2.05, 4.69) is 5.32 Å². The molecule has 2 N–H and O–H groups in total. The molecule has 2 unspecified atom stereocenters. The Morgan fingerprint density at radius 1 is 1.24 bits per heavy atom. The Hall–Kier alpha value is -1.59. The molecular formula is C15H26N2O4. The maximum atomic E-state index is 12.0. The highest BCUT2D eigenvalue weighted by atomic mass is 16.4. The zero-order chi connectivity index (χ0) is 16.0. The summed E-state index contributed by atoms with van der Waals surface area (Å²) < 4.78 is 0. The summed E-state index contributed by atoms with van der Waals surface area (Å²) in [4.78, 5) is 36.3. The maximum Gasteiger partial charge on any atom is 0.308 e. The summed E-state index contributed by atoms with van der Waals surface area (Å²) in [6.45, 7) is 1.81. The van der Waals surface area contributed by atoms with Crippen LogP contribution in [0.4, 0.5) is 0 Å². The topological polar surface area (TPSA) is 86.7 Å². The molecule has 1 fully saturated rings. The second kappa shape index (κ2) is 7.43. The van der Waals surface area contributed by atoms with Crippen molar-refractivity contribution in [3.63, 3.8) is 0 Å². The van der Waals surface area contributed by atoms with E-state index < -0.39 is 17.4 Å². The highest BCUT2D eigenvalue weighted by Crippen LogP contribution is 2.33. The van der Waals surface area contributed by atoms with E-state index in [1.54, 1.807) is 14.1 Å². The molecule has 6 nitrogen and oxygen atoms in total. The van der Waals surface area contributed by atoms with Gasteiger partial charge in [0.2, 0.25) is 11.8 Å². The molecule has 1 aliphatic rings. The van der Waals surface area contributed by atoms with E-state index in [9.17, 15) is 19.5 Å². The van der Waals surface area contributed by atoms with Crippen LogP contribution in [0.1, 0.15) is 51.9 Å². The normalized spacial score (nSPS) is 25.2. The number of nitrogens with zero attached hydrogens (tertiary/aromatic N) is 1. The van der Waals surface area contributed by atoms with Crippen molar-refractivity contribution in [1.82, 2.24) is 10.2 Å². The van der Waals surface area contributed by atoms with Crippen molar-refractivity contribution in [1.29, 1.82) is 0 Å². The Morgan fingerprint density at radius 2 is 1.90 bits per heavy atom. The van der Waals surface area contributed by atoms with Crippen molar-refractivity contribution >= 4 is 17.8 Å². The largest absolute Gasteiger partial charge is 0.481 e. The van der Waals surface area contributed by atoms with Crippen LogP contribution in [0.2, 0.25) is 0 Å². The Kier molecular flexibility index (Phi) is 6.18. The van der Waals surface area contributed by atoms with Crippen molar-refractivity contribution in [2.75, 3.05) is 14.1 Å². The number of amides is 2. The lowest BCUT2D eigenvalue weighted by Crippen LogP contribution is -2.55. The van der Waals surface area contributed by atoms with E-state index in [0.717, 1.165) is 12.8 Å². The molecule has 0 radical (unpaired) electrons. The third-order valence-corrected chi connectivity index (χ3v) is 4.22. The van der Waals surface area contributed by atoms with Gasteiger partial charge in [-0.05, 0) is 26.2 Å². The molecule has 0 aromatic rings. The smallest absolute Gasteiger partial charge is 0.308 e. The van der Waals surface area contributed by atoms with Crippen LogP contribution in [-0.2, 0) is 14.4 Å². The summed E-state index contributed by atoms with van der Waals surface area (Å²) >= 11 is 0. The van der Waals surface area contributed by atoms with Gasteiger partial charge >= 0.3 is 5.97 Å². The van der Waals surface area contributed by atoms with Crippen LogP contribution in [-0.4, -0.2) is 47.4 Å². The first-order valence-corrected chi connectivity index (χ1v) is 7.50. The average Bonchev–Trinajstić information content (AvgIpc) is 2.37. The minimum absolute atomic E-state index is 0.00455. The molecule has 0 aliphatic heterocycles. The highest BCUT2D eigenvalue weighted by Gasteiger charge is 2.41. The second-order valence-electron chi connectivity index (χ2n) is 6.24. The first-order chi connectivity index (χ1) is 9.76. The summed E-state index contributed by atoms with van der Waals surface area (Å²) in [6, 6.07) is 0. The number of carboxylic acids is 1. The standard InChI is InChI=1S/C15H26N2O4/c1-15(10-5-4-7-11(15)14(20)21)16-12(18)8-6-9-13(19)17(2)3/h11H,4-10H2,1-3H3,(H,16,18)(H,20,21). The lowest BCUT2D eigenvalue weighted by molar-refractivity contribution is -0.146. The van der Waals surface area contributed by atoms with Gasteiger partial charge in [-0.3, -0.25) is 14.4 Å². The number of aliphatic carboxylic acids is 1. The quantitative estimate of drug-likeness (QED) is 0.776. The van der Waals surface area contributed by atoms with E-state index in [4.69, 9.17) is 0 Å². The van der Waals surface area contributed by atoms with Crippen molar-refractivity contribution in [3.05, 3.63) is 0 Å². The summed E-state index contributed by atoms with van der Waals surface area (Å²) in [5.41, 5.74) is -0.674. The molecule has 2 atom stereocenters. The summed E-state index contributed by atoms with van der Waals surface area (Å²) in [6.07, 6.45) is 4.18. The minimum atomic E-state index is -0.847. The monoisotopic (exact) mass is 298 g/mol. The van der Waals surface area contributed by atoms with Crippen LogP contribution < -0.4 is 5.32 Å². The molecule has 0 heterocycles. The zero-order valence-corrected chi connectivity index (χ0v) is 13.1. The first kappa shape index (κ1) is 17.5. The van der Waals surface area contributed by atoms with E-state index in [-0.39, 0.29) is 18.2 Å². The predicted molar refractivity (Wildman–Crippen MR) is 78.7 cm³/mol. The Labute approximate surface area is 125 Å². The molecule has 21 heavy (non-hydrogen) atoms. The lowest BCUT2D eigenvalue weighted by atomic mass is 9.74. The molecule has 0 aromatic carbocycles. The molecule has 6 heteroatoms. The fraction of sp³-hybridized carbons (Fsp3) is 0.800. The molecule has 120 valence electrons. The van der Waals surface area contributed by atoms with Crippen LogP contribution in [0.25, 0.3) is 0 Å². The van der Waals surface area contributed by atoms with Gasteiger partial charge in [0.05, 0.1) is 11.5 Å². The van der Waals surface area contributed by atoms with Crippen LogP contribution in [0.5, 0.6) is 0 Å². The lowest BCUT2D eigenvalue weighted by Gasteiger charge is -2.39. The summed E-state index contributed by atoms with van der Waals surface area (Å²) in [5, 5.41) is 12.2. The van der Waals surface area contributed by atoms with Crippen molar-refractivity contribution in [2.24, 2.45) is 5.92 Å². The van der Waals surface area contributed by atoms with E-state index >= 15 is 0 Å². The zero-order valence-electron chi connectivity index (χ0n) is 13.1. The van der Waals surface area contributed by atoms with Crippen LogP contribution in [0.3, 0.4) is 0 Å². The number of carbonyl (C=O) groups excluding carboxylic acids is 2. The summed E-state index contributed by atoms with van der Waals surface area (Å²) in [7, 11) is 3.37. The van der Waals surface area contributed by atoms with Gasteiger partial charge in [-0.25, -0.2) is 0 Å². The van der Waals surface area contributed by atoms with Crippen LogP contribution in [0, 0.1) is 5.92 Å². The number of carboxylic acid groups (broad SMARTS) is 1. The molecule has 1 rings (SSSR count). The van der Waals surface area contributed by atoms with Crippen molar-refractivity contribution in [3.8, 4) is 0 Å². The van der Waals surface area contributed by atoms with Gasteiger partial charge in [-0.15, -0.1) is 0 Å². The molecule has 2 amide bonds. The number of rotatable bonds is 6. The van der Waals surface area contributed by atoms with E-state index in [1.807, 2.05) is 6.92 Å². The third kappa shape index (κ3) is 5.02. The number of hydrogen-bond donors (Lipinski definition) is 2. The van der Waals surface area contributed by atoms with Gasteiger partial charge in [0.25, 0.3) is 0 Å². The first-order valence-electron chi connectivity index (χ1n) is 7.50. The van der Waals surface area contributed by atoms with Crippen LogP contribution >= 0.6 is 0 Å². The molecule has 0 saturated heterocycles. The third-order valence-electron chi connectivity index (χ3n) is 4.22. The fourth-order valence-electron chi connectivity index (χ4n) is 2.88. The highest BCUT2D eigenvalue weighted by molar-refractivity contribution is 5.80. The Morgan fingerprint density at radius 3 is 2.48 bits per heavy atom. The van der Waals surface area contributed by atoms with Crippen molar-refractivity contribution < 1.29 is 19.5 Å². The Bertz CT molecular complexity index is 408. The number of nitrogens with one attached hydrogen (secondary N) is 1. The van der Waals surface area contributed by atoms with Gasteiger partial charge in [0.15, 0.2) is 0 Å². The number of carbonyl (C=O) groups is 3. The van der Waals surface area contributed by atoms with Gasteiger partial charge in [0, 0.05) is 26.9 Å². The van der Waals surface area contributed by atoms with Crippen LogP contribution in [0.15, 0.2) is 0 Å². The average molecular weight is 298 g/mol. The van der Waals surface area contributed by atoms with Gasteiger partial charge in [0.1, 0.15) is 0 Å². The number of hydrogen-bond acceptors (Lipinski definition) is 3. The minimum Gasteiger partial charge on any atom is -0.481 e. The SMILES string of the molecule is CN(C)C(=O)CCCC(=O)NC1(C)CCCCC1C(=O)O. The van der Waals surface area contributed by atoms with Gasteiger partial charge in [-0.1, -0.05) is 12.8 Å². The van der Waals surface area contributed by atoms with E-state index in [1.165, 1.54) is 4.90 Å². The fourth-order valence-corrected chi connectivity index (χ4v) is 2.88.